The number of carbonyl (C=O) groups excluding carboxylic acids is 1. The second-order valence-corrected chi connectivity index (χ2v) is 6.37. The van der Waals surface area contributed by atoms with E-state index in [2.05, 4.69) is 4.90 Å². The van der Waals surface area contributed by atoms with Crippen LogP contribution in [0.2, 0.25) is 5.02 Å². The van der Waals surface area contributed by atoms with Gasteiger partial charge in [0.1, 0.15) is 0 Å². The summed E-state index contributed by atoms with van der Waals surface area (Å²) in [5.74, 6) is 0.00423. The Balaban J connectivity index is 1.82. The molecule has 6 heteroatoms. The normalized spacial score (nSPS) is 14.2. The molecule has 0 saturated carbocycles. The molecule has 1 aliphatic rings. The number of anilines is 2. The summed E-state index contributed by atoms with van der Waals surface area (Å²) in [5.41, 5.74) is 1.75. The number of fused-ring (bicyclic) bond motifs is 1. The van der Waals surface area contributed by atoms with E-state index in [4.69, 9.17) is 11.6 Å². The third-order valence-electron chi connectivity index (χ3n) is 4.28. The van der Waals surface area contributed by atoms with E-state index in [0.29, 0.717) is 18.1 Å². The first-order valence-electron chi connectivity index (χ1n) is 8.03. The van der Waals surface area contributed by atoms with E-state index in [-0.39, 0.29) is 17.9 Å². The van der Waals surface area contributed by atoms with Gasteiger partial charge in [0, 0.05) is 50.4 Å². The van der Waals surface area contributed by atoms with Gasteiger partial charge in [0.05, 0.1) is 11.4 Å². The van der Waals surface area contributed by atoms with Crippen LogP contribution in [0.25, 0.3) is 0 Å². The molecule has 1 aromatic carbocycles. The molecular formula is C18H20ClN3O2. The molecule has 2 aromatic rings. The fraction of sp³-hybridized carbons (Fsp3) is 0.333. The van der Waals surface area contributed by atoms with Gasteiger partial charge < -0.3 is 14.4 Å². The third kappa shape index (κ3) is 3.46. The average Bonchev–Trinajstić information content (AvgIpc) is 2.73. The number of nitrogens with zero attached hydrogens (tertiary/aromatic N) is 3. The minimum absolute atomic E-state index is 0.00423. The van der Waals surface area contributed by atoms with Crippen LogP contribution in [-0.2, 0) is 11.3 Å². The van der Waals surface area contributed by atoms with Crippen molar-refractivity contribution in [2.75, 3.05) is 29.9 Å². The molecule has 1 aliphatic heterocycles. The molecule has 0 N–H and O–H groups in total. The quantitative estimate of drug-likeness (QED) is 0.859. The zero-order valence-electron chi connectivity index (χ0n) is 13.6. The van der Waals surface area contributed by atoms with Gasteiger partial charge in [-0.25, -0.2) is 0 Å². The molecule has 0 fully saturated rings. The van der Waals surface area contributed by atoms with Gasteiger partial charge in [-0.15, -0.1) is 0 Å². The van der Waals surface area contributed by atoms with Crippen LogP contribution in [0.4, 0.5) is 11.4 Å². The fourth-order valence-electron chi connectivity index (χ4n) is 3.00. The minimum Gasteiger partial charge on any atom is -0.373 e. The molecule has 1 aromatic heterocycles. The Morgan fingerprint density at radius 1 is 1.17 bits per heavy atom. The Labute approximate surface area is 146 Å². The van der Waals surface area contributed by atoms with Crippen molar-refractivity contribution in [3.05, 3.63) is 58.0 Å². The van der Waals surface area contributed by atoms with Gasteiger partial charge in [-0.05, 0) is 30.7 Å². The Hall–Kier alpha value is -2.27. The van der Waals surface area contributed by atoms with Crippen molar-refractivity contribution in [1.82, 2.24) is 4.57 Å². The molecule has 0 bridgehead atoms. The summed E-state index contributed by atoms with van der Waals surface area (Å²) in [6, 6.07) is 10.6. The largest absolute Gasteiger partial charge is 0.373 e. The maximum absolute atomic E-state index is 12.8. The number of hydrogen-bond donors (Lipinski definition) is 0. The van der Waals surface area contributed by atoms with Crippen molar-refractivity contribution in [3.63, 3.8) is 0 Å². The fourth-order valence-corrected chi connectivity index (χ4v) is 3.16. The molecular weight excluding hydrogens is 326 g/mol. The van der Waals surface area contributed by atoms with Gasteiger partial charge in [-0.3, -0.25) is 9.59 Å². The highest BCUT2D eigenvalue weighted by molar-refractivity contribution is 6.31. The molecule has 5 nitrogen and oxygen atoms in total. The first-order valence-corrected chi connectivity index (χ1v) is 8.40. The summed E-state index contributed by atoms with van der Waals surface area (Å²) in [7, 11) is 2.02. The smallest absolute Gasteiger partial charge is 0.250 e. The van der Waals surface area contributed by atoms with Crippen molar-refractivity contribution >= 4 is 28.9 Å². The summed E-state index contributed by atoms with van der Waals surface area (Å²) in [4.78, 5) is 28.5. The number of pyridine rings is 1. The lowest BCUT2D eigenvalue weighted by Crippen LogP contribution is -2.33. The van der Waals surface area contributed by atoms with Crippen LogP contribution in [0.3, 0.4) is 0 Å². The molecule has 126 valence electrons. The highest BCUT2D eigenvalue weighted by atomic mass is 35.5. The van der Waals surface area contributed by atoms with Gasteiger partial charge in [0.2, 0.25) is 5.91 Å². The average molecular weight is 346 g/mol. The van der Waals surface area contributed by atoms with Crippen LogP contribution in [0.1, 0.15) is 12.8 Å². The Morgan fingerprint density at radius 3 is 2.79 bits per heavy atom. The van der Waals surface area contributed by atoms with Gasteiger partial charge in [-0.2, -0.15) is 0 Å². The molecule has 0 atom stereocenters. The Kier molecular flexibility index (Phi) is 4.90. The van der Waals surface area contributed by atoms with Crippen LogP contribution in [0.15, 0.2) is 47.4 Å². The molecule has 0 spiro atoms. The predicted octanol–water partition coefficient (Wildman–Crippen LogP) is 2.76. The predicted molar refractivity (Wildman–Crippen MR) is 97.0 cm³/mol. The molecule has 0 aliphatic carbocycles. The maximum Gasteiger partial charge on any atom is 0.250 e. The number of halogens is 1. The van der Waals surface area contributed by atoms with Crippen molar-refractivity contribution in [2.24, 2.45) is 0 Å². The molecule has 3 rings (SSSR count). The number of rotatable bonds is 3. The van der Waals surface area contributed by atoms with Gasteiger partial charge in [0.25, 0.3) is 5.56 Å². The molecule has 0 saturated heterocycles. The van der Waals surface area contributed by atoms with Crippen LogP contribution >= 0.6 is 11.6 Å². The monoisotopic (exact) mass is 345 g/mol. The highest BCUT2D eigenvalue weighted by Crippen LogP contribution is 2.34. The van der Waals surface area contributed by atoms with Gasteiger partial charge >= 0.3 is 0 Å². The summed E-state index contributed by atoms with van der Waals surface area (Å²) in [6.07, 6.45) is 2.87. The summed E-state index contributed by atoms with van der Waals surface area (Å²) < 4.78 is 1.56. The van der Waals surface area contributed by atoms with Crippen molar-refractivity contribution < 1.29 is 4.79 Å². The van der Waals surface area contributed by atoms with Crippen LogP contribution in [-0.4, -0.2) is 30.6 Å². The molecule has 1 amide bonds. The number of hydrogen-bond acceptors (Lipinski definition) is 3. The van der Waals surface area contributed by atoms with Crippen molar-refractivity contribution in [2.45, 2.75) is 19.4 Å². The Bertz CT molecular complexity index is 803. The Morgan fingerprint density at radius 2 is 2.00 bits per heavy atom. The zero-order chi connectivity index (χ0) is 17.1. The van der Waals surface area contributed by atoms with E-state index in [0.717, 1.165) is 24.3 Å². The van der Waals surface area contributed by atoms with Crippen LogP contribution in [0.5, 0.6) is 0 Å². The second kappa shape index (κ2) is 7.09. The number of aryl methyl sites for hydroxylation is 1. The van der Waals surface area contributed by atoms with E-state index >= 15 is 0 Å². The first-order chi connectivity index (χ1) is 11.6. The molecule has 0 unspecified atom stereocenters. The lowest BCUT2D eigenvalue weighted by atomic mass is 10.2. The lowest BCUT2D eigenvalue weighted by Gasteiger charge is -2.24. The SMILES string of the molecule is CN1CCCN(C(=O)CCn2ccccc2=O)c2cc(Cl)ccc21. The van der Waals surface area contributed by atoms with E-state index in [1.165, 1.54) is 6.07 Å². The maximum atomic E-state index is 12.8. The van der Waals surface area contributed by atoms with Gasteiger partial charge in [0.15, 0.2) is 0 Å². The molecule has 24 heavy (non-hydrogen) atoms. The first kappa shape index (κ1) is 16.6. The lowest BCUT2D eigenvalue weighted by molar-refractivity contribution is -0.118. The van der Waals surface area contributed by atoms with E-state index in [1.807, 2.05) is 25.2 Å². The topological polar surface area (TPSA) is 45.5 Å². The second-order valence-electron chi connectivity index (χ2n) is 5.94. The van der Waals surface area contributed by atoms with E-state index in [1.54, 1.807) is 27.8 Å². The van der Waals surface area contributed by atoms with E-state index < -0.39 is 0 Å². The highest BCUT2D eigenvalue weighted by Gasteiger charge is 2.23. The number of aromatic nitrogens is 1. The molecule has 0 radical (unpaired) electrons. The van der Waals surface area contributed by atoms with Gasteiger partial charge in [-0.1, -0.05) is 17.7 Å². The summed E-state index contributed by atoms with van der Waals surface area (Å²) in [5, 5.41) is 0.612. The summed E-state index contributed by atoms with van der Waals surface area (Å²) in [6.45, 7) is 1.91. The van der Waals surface area contributed by atoms with E-state index in [9.17, 15) is 9.59 Å². The summed E-state index contributed by atoms with van der Waals surface area (Å²) >= 11 is 6.14. The standard InChI is InChI=1S/C18H20ClN3O2/c1-20-9-4-11-22(16-13-14(19)6-7-15(16)20)18(24)8-12-21-10-3-2-5-17(21)23/h2-3,5-7,10,13H,4,8-9,11-12H2,1H3. The van der Waals surface area contributed by atoms with Crippen molar-refractivity contribution in [1.29, 1.82) is 0 Å². The number of amides is 1. The van der Waals surface area contributed by atoms with Crippen molar-refractivity contribution in [3.8, 4) is 0 Å². The van der Waals surface area contributed by atoms with Crippen LogP contribution in [0, 0.1) is 0 Å². The third-order valence-corrected chi connectivity index (χ3v) is 4.52. The zero-order valence-corrected chi connectivity index (χ0v) is 14.4. The number of carbonyl (C=O) groups is 1. The minimum atomic E-state index is -0.0932. The van der Waals surface area contributed by atoms with Crippen LogP contribution < -0.4 is 15.4 Å². The number of benzene rings is 1. The molecule has 2 heterocycles.